The summed E-state index contributed by atoms with van der Waals surface area (Å²) in [6.07, 6.45) is 0.771. The van der Waals surface area contributed by atoms with Crippen molar-refractivity contribution in [3.63, 3.8) is 0 Å². The lowest BCUT2D eigenvalue weighted by Gasteiger charge is -2.12. The third-order valence-corrected chi connectivity index (χ3v) is 3.29. The number of carbonyl (C=O) groups excluding carboxylic acids is 1. The molecule has 0 heterocycles. The van der Waals surface area contributed by atoms with Crippen LogP contribution in [0.15, 0.2) is 36.4 Å². The van der Waals surface area contributed by atoms with Gasteiger partial charge in [-0.15, -0.1) is 0 Å². The molecule has 1 atom stereocenters. The summed E-state index contributed by atoms with van der Waals surface area (Å²) < 4.78 is 10.8. The smallest absolute Gasteiger partial charge is 0.314 e. The van der Waals surface area contributed by atoms with Crippen molar-refractivity contribution in [2.24, 2.45) is 5.92 Å². The number of benzene rings is 2. The van der Waals surface area contributed by atoms with Crippen LogP contribution in [0.2, 0.25) is 0 Å². The van der Waals surface area contributed by atoms with Gasteiger partial charge in [0.25, 0.3) is 0 Å². The van der Waals surface area contributed by atoms with Crippen LogP contribution >= 0.6 is 0 Å². The molecule has 0 aliphatic rings. The lowest BCUT2D eigenvalue weighted by Crippen LogP contribution is -2.17. The Hall–Kier alpha value is -2.03. The van der Waals surface area contributed by atoms with Gasteiger partial charge in [0, 0.05) is 10.8 Å². The highest BCUT2D eigenvalue weighted by Crippen LogP contribution is 2.33. The molecule has 0 aliphatic heterocycles. The summed E-state index contributed by atoms with van der Waals surface area (Å²) in [5.41, 5.74) is 0. The molecule has 2 aromatic rings. The fraction of sp³-hybridized carbons (Fsp3) is 0.312. The van der Waals surface area contributed by atoms with Crippen molar-refractivity contribution in [3.05, 3.63) is 36.4 Å². The van der Waals surface area contributed by atoms with Crippen molar-refractivity contribution in [1.82, 2.24) is 0 Å². The van der Waals surface area contributed by atoms with Gasteiger partial charge >= 0.3 is 5.97 Å². The highest BCUT2D eigenvalue weighted by molar-refractivity contribution is 5.94. The Morgan fingerprint density at radius 3 is 2.26 bits per heavy atom. The fourth-order valence-corrected chi connectivity index (χ4v) is 1.89. The zero-order chi connectivity index (χ0) is 13.8. The number of hydrogen-bond acceptors (Lipinski definition) is 3. The average Bonchev–Trinajstić information content (AvgIpc) is 2.46. The first-order chi connectivity index (χ1) is 9.17. The molecule has 0 saturated carbocycles. The Balaban J connectivity index is 2.42. The molecule has 0 radical (unpaired) electrons. The molecule has 0 aromatic heterocycles. The molecular formula is C16H18O3. The molecule has 3 heteroatoms. The first kappa shape index (κ1) is 13.4. The van der Waals surface area contributed by atoms with Crippen LogP contribution in [0, 0.1) is 5.92 Å². The van der Waals surface area contributed by atoms with E-state index in [1.807, 2.05) is 44.2 Å². The molecular weight excluding hydrogens is 240 g/mol. The van der Waals surface area contributed by atoms with E-state index in [1.54, 1.807) is 13.2 Å². The Bertz CT molecular complexity index is 590. The molecule has 2 rings (SSSR count). The molecule has 0 bridgehead atoms. The fourth-order valence-electron chi connectivity index (χ4n) is 1.89. The highest BCUT2D eigenvalue weighted by atomic mass is 16.5. The number of hydrogen-bond donors (Lipinski definition) is 0. The summed E-state index contributed by atoms with van der Waals surface area (Å²) in [4.78, 5) is 11.9. The van der Waals surface area contributed by atoms with Gasteiger partial charge in [-0.05, 0) is 18.6 Å². The summed E-state index contributed by atoms with van der Waals surface area (Å²) in [5, 5.41) is 1.83. The van der Waals surface area contributed by atoms with Crippen molar-refractivity contribution < 1.29 is 14.3 Å². The van der Waals surface area contributed by atoms with Gasteiger partial charge in [0.1, 0.15) is 11.5 Å². The number of ether oxygens (including phenoxy) is 2. The largest absolute Gasteiger partial charge is 0.496 e. The minimum absolute atomic E-state index is 0.0964. The van der Waals surface area contributed by atoms with Crippen molar-refractivity contribution >= 4 is 16.7 Å². The van der Waals surface area contributed by atoms with Crippen LogP contribution in [0.1, 0.15) is 20.3 Å². The Morgan fingerprint density at radius 1 is 1.11 bits per heavy atom. The lowest BCUT2D eigenvalue weighted by molar-refractivity contribution is -0.138. The zero-order valence-corrected chi connectivity index (χ0v) is 11.5. The number of carbonyl (C=O) groups is 1. The Labute approximate surface area is 113 Å². The predicted molar refractivity (Wildman–Crippen MR) is 75.6 cm³/mol. The Morgan fingerprint density at radius 2 is 1.68 bits per heavy atom. The maximum atomic E-state index is 11.9. The van der Waals surface area contributed by atoms with Crippen molar-refractivity contribution in [1.29, 1.82) is 0 Å². The lowest BCUT2D eigenvalue weighted by atomic mass is 10.1. The van der Waals surface area contributed by atoms with Gasteiger partial charge in [0.2, 0.25) is 0 Å². The number of fused-ring (bicyclic) bond motifs is 1. The second-order valence-electron chi connectivity index (χ2n) is 4.54. The van der Waals surface area contributed by atoms with Crippen LogP contribution in [0.3, 0.4) is 0 Å². The van der Waals surface area contributed by atoms with E-state index in [9.17, 15) is 4.79 Å². The van der Waals surface area contributed by atoms with E-state index in [1.165, 1.54) is 0 Å². The first-order valence-corrected chi connectivity index (χ1v) is 6.44. The summed E-state index contributed by atoms with van der Waals surface area (Å²) in [7, 11) is 1.63. The van der Waals surface area contributed by atoms with Gasteiger partial charge in [-0.25, -0.2) is 0 Å². The molecule has 0 saturated heterocycles. The summed E-state index contributed by atoms with van der Waals surface area (Å²) in [5.74, 6) is 1.07. The van der Waals surface area contributed by atoms with Crippen molar-refractivity contribution in [2.75, 3.05) is 7.11 Å². The second-order valence-corrected chi connectivity index (χ2v) is 4.54. The normalized spacial score (nSPS) is 12.2. The molecule has 0 amide bonds. The average molecular weight is 258 g/mol. The van der Waals surface area contributed by atoms with Crippen LogP contribution in [0.25, 0.3) is 10.8 Å². The van der Waals surface area contributed by atoms with Gasteiger partial charge in [0.05, 0.1) is 13.0 Å². The van der Waals surface area contributed by atoms with Crippen LogP contribution in [-0.2, 0) is 4.79 Å². The summed E-state index contributed by atoms with van der Waals surface area (Å²) in [6, 6.07) is 11.3. The highest BCUT2D eigenvalue weighted by Gasteiger charge is 2.15. The third-order valence-electron chi connectivity index (χ3n) is 3.29. The summed E-state index contributed by atoms with van der Waals surface area (Å²) >= 11 is 0. The van der Waals surface area contributed by atoms with E-state index in [0.29, 0.717) is 5.75 Å². The zero-order valence-electron chi connectivity index (χ0n) is 11.5. The molecule has 19 heavy (non-hydrogen) atoms. The summed E-state index contributed by atoms with van der Waals surface area (Å²) in [6.45, 7) is 3.84. The molecule has 3 nitrogen and oxygen atoms in total. The molecule has 100 valence electrons. The number of esters is 1. The van der Waals surface area contributed by atoms with E-state index < -0.39 is 0 Å². The maximum absolute atomic E-state index is 11.9. The van der Waals surface area contributed by atoms with Gasteiger partial charge in [-0.1, -0.05) is 38.1 Å². The second kappa shape index (κ2) is 5.74. The van der Waals surface area contributed by atoms with E-state index in [-0.39, 0.29) is 11.9 Å². The van der Waals surface area contributed by atoms with Crippen molar-refractivity contribution in [3.8, 4) is 11.5 Å². The van der Waals surface area contributed by atoms with Gasteiger partial charge in [0.15, 0.2) is 0 Å². The monoisotopic (exact) mass is 258 g/mol. The van der Waals surface area contributed by atoms with E-state index >= 15 is 0 Å². The van der Waals surface area contributed by atoms with E-state index in [2.05, 4.69) is 0 Å². The van der Waals surface area contributed by atoms with E-state index in [4.69, 9.17) is 9.47 Å². The molecule has 2 aromatic carbocycles. The van der Waals surface area contributed by atoms with Gasteiger partial charge in [-0.3, -0.25) is 4.79 Å². The number of rotatable bonds is 4. The van der Waals surface area contributed by atoms with Crippen molar-refractivity contribution in [2.45, 2.75) is 20.3 Å². The topological polar surface area (TPSA) is 35.5 Å². The van der Waals surface area contributed by atoms with E-state index in [0.717, 1.165) is 22.9 Å². The molecule has 0 aliphatic carbocycles. The molecule has 0 spiro atoms. The maximum Gasteiger partial charge on any atom is 0.314 e. The molecule has 1 unspecified atom stereocenters. The third kappa shape index (κ3) is 2.70. The molecule has 0 fully saturated rings. The quantitative estimate of drug-likeness (QED) is 0.618. The molecule has 0 N–H and O–H groups in total. The van der Waals surface area contributed by atoms with Crippen LogP contribution in [0.5, 0.6) is 11.5 Å². The minimum atomic E-state index is -0.196. The van der Waals surface area contributed by atoms with Crippen LogP contribution in [0.4, 0.5) is 0 Å². The SMILES string of the molecule is CCC(C)C(=O)Oc1ccc(OC)c2ccccc12. The van der Waals surface area contributed by atoms with Gasteiger partial charge in [-0.2, -0.15) is 0 Å². The first-order valence-electron chi connectivity index (χ1n) is 6.44. The van der Waals surface area contributed by atoms with Gasteiger partial charge < -0.3 is 9.47 Å². The van der Waals surface area contributed by atoms with Crippen LogP contribution < -0.4 is 9.47 Å². The number of methoxy groups -OCH3 is 1. The predicted octanol–water partition coefficient (Wildman–Crippen LogP) is 3.80. The minimum Gasteiger partial charge on any atom is -0.496 e. The standard InChI is InChI=1S/C16H18O3/c1-4-11(2)16(17)19-15-10-9-14(18-3)12-7-5-6-8-13(12)15/h5-11H,4H2,1-3H3. The van der Waals surface area contributed by atoms with Crippen LogP contribution in [-0.4, -0.2) is 13.1 Å². The Kier molecular flexibility index (Phi) is 4.05.